The van der Waals surface area contributed by atoms with E-state index >= 15 is 0 Å². The molecule has 0 spiro atoms. The van der Waals surface area contributed by atoms with Gasteiger partial charge in [-0.2, -0.15) is 39.2 Å². The lowest BCUT2D eigenvalue weighted by Gasteiger charge is -2.32. The molecule has 0 saturated heterocycles. The van der Waals surface area contributed by atoms with Crippen molar-refractivity contribution in [2.75, 3.05) is 0 Å². The summed E-state index contributed by atoms with van der Waals surface area (Å²) in [7, 11) is -14.5. The van der Waals surface area contributed by atoms with E-state index < -0.39 is 48.0 Å². The van der Waals surface area contributed by atoms with E-state index in [9.17, 15) is 52.8 Å². The molecule has 0 aliphatic rings. The van der Waals surface area contributed by atoms with Crippen LogP contribution in [0.2, 0.25) is 0 Å². The topological polar surface area (TPSA) is 127 Å². The van der Waals surface area contributed by atoms with Crippen LogP contribution in [0.1, 0.15) is 5.56 Å². The van der Waals surface area contributed by atoms with Crippen LogP contribution in [-0.2, 0) is 20.1 Å². The molecule has 160 valence electrons. The summed E-state index contributed by atoms with van der Waals surface area (Å²) in [6, 6.07) is 2.43. The number of rotatable bonds is 6. The fourth-order valence-corrected chi connectivity index (χ4v) is 5.19. The van der Waals surface area contributed by atoms with Crippen LogP contribution in [0, 0.1) is 10.7 Å². The Bertz CT molecular complexity index is 1040. The first kappa shape index (κ1) is 26.4. The lowest BCUT2D eigenvalue weighted by molar-refractivity contribution is -0.246. The maximum Gasteiger partial charge on any atom is 0.434 e. The molecule has 0 fully saturated rings. The summed E-state index contributed by atoms with van der Waals surface area (Å²) in [5, 5.41) is -2.02. The number of sulfonamides is 1. The Hall–Kier alpha value is 0.320. The zero-order valence-corrected chi connectivity index (χ0v) is 20.4. The Balaban J connectivity index is 3.64. The van der Waals surface area contributed by atoms with Gasteiger partial charge < -0.3 is 9.66 Å². The van der Waals surface area contributed by atoms with Crippen LogP contribution in [0.3, 0.4) is 0 Å². The summed E-state index contributed by atoms with van der Waals surface area (Å²) in [4.78, 5) is 0. The predicted octanol–water partition coefficient (Wildman–Crippen LogP) is 2.30. The molecule has 0 unspecified atom stereocenters. The van der Waals surface area contributed by atoms with Gasteiger partial charge in [0.15, 0.2) is 10.1 Å². The number of alkyl halides is 6. The fourth-order valence-electron chi connectivity index (χ4n) is 1.42. The minimum atomic E-state index is -7.41. The Kier molecular flexibility index (Phi) is 7.63. The molecule has 7 nitrogen and oxygen atoms in total. The lowest BCUT2D eigenvalue weighted by atomic mass is 10.2. The molecular weight excluding hydrogens is 789 g/mol. The van der Waals surface area contributed by atoms with Crippen molar-refractivity contribution < 1.29 is 52.8 Å². The largest absolute Gasteiger partial charge is 0.858 e. The highest BCUT2D eigenvalue weighted by atomic mass is 127. The Morgan fingerprint density at radius 2 is 1.39 bits per heavy atom. The minimum Gasteiger partial charge on any atom is -0.858 e. The molecule has 0 aromatic heterocycles. The highest BCUT2D eigenvalue weighted by Crippen LogP contribution is 2.50. The lowest BCUT2D eigenvalue weighted by Crippen LogP contribution is -2.60. The van der Waals surface area contributed by atoms with Gasteiger partial charge in [-0.3, -0.25) is 0 Å². The monoisotopic (exact) mass is 791 g/mol. The fraction of sp³-hybridized carbons (Fsp3) is 0.300. The van der Waals surface area contributed by atoms with Crippen molar-refractivity contribution in [1.29, 1.82) is 0 Å². The van der Waals surface area contributed by atoms with Crippen LogP contribution in [0.4, 0.5) is 26.3 Å². The Morgan fingerprint density at radius 1 is 0.929 bits per heavy atom. The van der Waals surface area contributed by atoms with Crippen LogP contribution in [-0.4, -0.2) is 43.7 Å². The molecule has 0 atom stereocenters. The first-order valence-electron chi connectivity index (χ1n) is 5.96. The van der Waals surface area contributed by atoms with Crippen molar-refractivity contribution in [2.45, 2.75) is 16.4 Å². The summed E-state index contributed by atoms with van der Waals surface area (Å²) in [5.41, 5.74) is -0.622. The Labute approximate surface area is 194 Å². The van der Waals surface area contributed by atoms with Gasteiger partial charge in [0.05, 0.1) is 0 Å². The van der Waals surface area contributed by atoms with E-state index in [1.165, 1.54) is 28.7 Å². The van der Waals surface area contributed by atoms with Gasteiger partial charge in [-0.1, -0.05) is 0 Å². The van der Waals surface area contributed by atoms with E-state index in [0.29, 0.717) is 7.14 Å². The molecule has 0 amide bonds. The summed E-state index contributed by atoms with van der Waals surface area (Å²) in [5.74, 6) is -9.22. The van der Waals surface area contributed by atoms with Gasteiger partial charge in [-0.25, -0.2) is 8.42 Å². The molecule has 0 bridgehead atoms. The van der Waals surface area contributed by atoms with E-state index in [1.807, 2.05) is 4.40 Å². The van der Waals surface area contributed by atoms with Crippen LogP contribution < -0.4 is 5.11 Å². The van der Waals surface area contributed by atoms with Crippen LogP contribution >= 0.6 is 67.8 Å². The third-order valence-corrected chi connectivity index (χ3v) is 8.66. The van der Waals surface area contributed by atoms with Gasteiger partial charge in [-0.15, -0.1) is 0 Å². The van der Waals surface area contributed by atoms with Crippen LogP contribution in [0.25, 0.3) is 0 Å². The van der Waals surface area contributed by atoms with E-state index in [2.05, 4.69) is 0 Å². The van der Waals surface area contributed by atoms with Crippen molar-refractivity contribution in [2.24, 2.45) is 4.40 Å². The van der Waals surface area contributed by atoms with Crippen molar-refractivity contribution in [3.05, 3.63) is 28.4 Å². The molecule has 28 heavy (non-hydrogen) atoms. The molecule has 1 aromatic rings. The number of hydrogen-bond donors (Lipinski definition) is 0. The van der Waals surface area contributed by atoms with Crippen molar-refractivity contribution in [1.82, 2.24) is 0 Å². The molecule has 0 saturated carbocycles. The summed E-state index contributed by atoms with van der Waals surface area (Å²) in [6.07, 6.45) is 0. The van der Waals surface area contributed by atoms with Gasteiger partial charge in [0, 0.05) is 22.2 Å². The molecule has 0 aliphatic carbocycles. The van der Waals surface area contributed by atoms with Gasteiger partial charge in [-0.05, 0) is 79.9 Å². The molecule has 0 N–H and O–H groups in total. The maximum absolute atomic E-state index is 13.7. The second kappa shape index (κ2) is 8.11. The standard InChI is InChI=1S/C10H4F6I3NO6S2/c11-8(12,10(15,16)28(24,25)26)9(13,14)27(22,23)20-7(21)4-1-3(17)2-5(18)6(4)19/h1-2H,(H,20,21)(H,24,25,26)/p-2. The molecular formula is C10H2F6I3NO6S2-2. The van der Waals surface area contributed by atoms with Gasteiger partial charge in [0.2, 0.25) is 0 Å². The third-order valence-electron chi connectivity index (χ3n) is 2.80. The number of halogens is 9. The minimum absolute atomic E-state index is 0.00916. The average Bonchev–Trinajstić information content (AvgIpc) is 2.48. The molecule has 0 heterocycles. The Morgan fingerprint density at radius 3 is 1.82 bits per heavy atom. The van der Waals surface area contributed by atoms with Crippen LogP contribution in [0.5, 0.6) is 0 Å². The summed E-state index contributed by atoms with van der Waals surface area (Å²) >= 11 is 4.80. The van der Waals surface area contributed by atoms with Crippen molar-refractivity contribution in [3.8, 4) is 0 Å². The summed E-state index contributed by atoms with van der Waals surface area (Å²) < 4.78 is 136. The molecule has 1 rings (SSSR count). The molecule has 0 aliphatic heterocycles. The smallest absolute Gasteiger partial charge is 0.434 e. The molecule has 1 aromatic carbocycles. The highest BCUT2D eigenvalue weighted by molar-refractivity contribution is 14.1. The van der Waals surface area contributed by atoms with E-state index in [0.717, 1.165) is 6.07 Å². The van der Waals surface area contributed by atoms with Crippen molar-refractivity contribution >= 4 is 93.8 Å². The van der Waals surface area contributed by atoms with Crippen molar-refractivity contribution in [3.63, 3.8) is 0 Å². The number of hydrogen-bond acceptors (Lipinski definition) is 6. The number of benzene rings is 1. The van der Waals surface area contributed by atoms with Crippen LogP contribution in [0.15, 0.2) is 16.5 Å². The van der Waals surface area contributed by atoms with E-state index in [-0.39, 0.29) is 3.57 Å². The SMILES string of the molecule is O=S(=O)([O-])C(F)(F)C(F)(F)C(F)(F)S(=O)(=O)N=C([O-])c1cc(I)cc(I)c1I. The maximum atomic E-state index is 13.7. The molecule has 18 heteroatoms. The zero-order chi connectivity index (χ0) is 22.5. The summed E-state index contributed by atoms with van der Waals surface area (Å²) in [6.45, 7) is 0. The van der Waals surface area contributed by atoms with E-state index in [1.54, 1.807) is 45.2 Å². The molecule has 0 radical (unpaired) electrons. The first-order chi connectivity index (χ1) is 12.2. The number of nitrogens with zero attached hydrogens (tertiary/aromatic N) is 1. The van der Waals surface area contributed by atoms with Gasteiger partial charge in [0.25, 0.3) is 0 Å². The first-order valence-corrected chi connectivity index (χ1v) is 12.0. The normalized spacial score (nSPS) is 15.0. The zero-order valence-electron chi connectivity index (χ0n) is 12.3. The quantitative estimate of drug-likeness (QED) is 0.109. The van der Waals surface area contributed by atoms with Gasteiger partial charge >= 0.3 is 26.5 Å². The van der Waals surface area contributed by atoms with Gasteiger partial charge in [0.1, 0.15) is 0 Å². The second-order valence-corrected chi connectivity index (χ2v) is 11.2. The van der Waals surface area contributed by atoms with E-state index in [4.69, 9.17) is 0 Å². The predicted molar refractivity (Wildman–Crippen MR) is 105 cm³/mol. The highest BCUT2D eigenvalue weighted by Gasteiger charge is 2.80. The second-order valence-electron chi connectivity index (χ2n) is 4.68. The average molecular weight is 791 g/mol. The third kappa shape index (κ3) is 4.49.